The first-order valence-electron chi connectivity index (χ1n) is 4.46. The molecule has 2 rings (SSSR count). The van der Waals surface area contributed by atoms with Crippen molar-refractivity contribution in [3.8, 4) is 5.75 Å². The Morgan fingerprint density at radius 1 is 1.53 bits per heavy atom. The van der Waals surface area contributed by atoms with Gasteiger partial charge < -0.3 is 14.4 Å². The summed E-state index contributed by atoms with van der Waals surface area (Å²) in [6.45, 7) is -0.912. The number of rotatable bonds is 2. The number of halogens is 2. The predicted octanol–water partition coefficient (Wildman–Crippen LogP) is 0.814. The van der Waals surface area contributed by atoms with Gasteiger partial charge in [-0.05, 0) is 24.1 Å². The lowest BCUT2D eigenvalue weighted by molar-refractivity contribution is -0.0492. The minimum Gasteiger partial charge on any atom is -0.435 e. The Labute approximate surface area is 85.8 Å². The Morgan fingerprint density at radius 3 is 2.93 bits per heavy atom. The molecular weight excluding hydrogens is 205 g/mol. The van der Waals surface area contributed by atoms with Gasteiger partial charge in [-0.15, -0.1) is 0 Å². The van der Waals surface area contributed by atoms with Crippen LogP contribution in [0.2, 0.25) is 0 Å². The number of aryl methyl sites for hydroxylation is 1. The van der Waals surface area contributed by atoms with Crippen LogP contribution in [-0.4, -0.2) is 18.8 Å². The van der Waals surface area contributed by atoms with E-state index < -0.39 is 13.7 Å². The molecule has 1 aliphatic heterocycles. The molecule has 0 spiro atoms. The number of benzene rings is 1. The molecule has 6 heteroatoms. The molecule has 1 N–H and O–H groups in total. The maximum Gasteiger partial charge on any atom is 0.495 e. The molecule has 1 aromatic rings. The van der Waals surface area contributed by atoms with Crippen molar-refractivity contribution >= 4 is 12.6 Å². The second-order valence-corrected chi connectivity index (χ2v) is 3.38. The third-order valence-corrected chi connectivity index (χ3v) is 2.23. The quantitative estimate of drug-likeness (QED) is 0.740. The lowest BCUT2D eigenvalue weighted by atomic mass is 9.78. The van der Waals surface area contributed by atoms with Gasteiger partial charge in [0.05, 0.1) is 6.61 Å². The first kappa shape index (κ1) is 10.4. The van der Waals surface area contributed by atoms with E-state index in [1.165, 1.54) is 6.07 Å². The summed E-state index contributed by atoms with van der Waals surface area (Å²) in [6, 6.07) is 3.24. The van der Waals surface area contributed by atoms with Gasteiger partial charge in [-0.2, -0.15) is 8.78 Å². The molecule has 80 valence electrons. The summed E-state index contributed by atoms with van der Waals surface area (Å²) in [4.78, 5) is 0. The smallest absolute Gasteiger partial charge is 0.435 e. The van der Waals surface area contributed by atoms with Crippen LogP contribution < -0.4 is 10.2 Å². The molecule has 0 fully saturated rings. The average molecular weight is 214 g/mol. The minimum atomic E-state index is -2.90. The van der Waals surface area contributed by atoms with Crippen LogP contribution in [0.1, 0.15) is 11.1 Å². The predicted molar refractivity (Wildman–Crippen MR) is 50.2 cm³/mol. The van der Waals surface area contributed by atoms with Crippen LogP contribution in [0.15, 0.2) is 12.1 Å². The standard InChI is InChI=1S/C9H9BF2O3/c1-5-2-6-4-14-10(13)8(6)7(3-5)15-9(11)12/h2-3,9,13H,4H2,1H3. The number of alkyl halides is 2. The molecule has 0 aliphatic carbocycles. The molecule has 0 aromatic heterocycles. The number of hydrogen-bond donors (Lipinski definition) is 1. The van der Waals surface area contributed by atoms with E-state index in [-0.39, 0.29) is 12.4 Å². The van der Waals surface area contributed by atoms with Crippen molar-refractivity contribution in [2.75, 3.05) is 0 Å². The van der Waals surface area contributed by atoms with Crippen molar-refractivity contribution in [1.82, 2.24) is 0 Å². The largest absolute Gasteiger partial charge is 0.495 e. The van der Waals surface area contributed by atoms with Crippen molar-refractivity contribution in [3.05, 3.63) is 23.3 Å². The minimum absolute atomic E-state index is 0.00926. The van der Waals surface area contributed by atoms with Crippen molar-refractivity contribution in [2.45, 2.75) is 20.1 Å². The number of fused-ring (bicyclic) bond motifs is 1. The van der Waals surface area contributed by atoms with Crippen molar-refractivity contribution in [1.29, 1.82) is 0 Å². The molecule has 0 unspecified atom stereocenters. The molecule has 0 amide bonds. The van der Waals surface area contributed by atoms with Crippen molar-refractivity contribution in [3.63, 3.8) is 0 Å². The lowest BCUT2D eigenvalue weighted by Crippen LogP contribution is -2.30. The van der Waals surface area contributed by atoms with Crippen LogP contribution in [-0.2, 0) is 11.3 Å². The van der Waals surface area contributed by atoms with Crippen molar-refractivity contribution < 1.29 is 23.2 Å². The SMILES string of the molecule is Cc1cc2c(c(OC(F)F)c1)B(O)OC2. The van der Waals surface area contributed by atoms with Crippen LogP contribution in [0.25, 0.3) is 0 Å². The van der Waals surface area contributed by atoms with Gasteiger partial charge in [-0.3, -0.25) is 0 Å². The fraction of sp³-hybridized carbons (Fsp3) is 0.333. The van der Waals surface area contributed by atoms with Crippen LogP contribution in [0.5, 0.6) is 5.75 Å². The molecule has 0 saturated carbocycles. The Hall–Kier alpha value is -1.14. The molecule has 3 nitrogen and oxygen atoms in total. The average Bonchev–Trinajstić information content (AvgIpc) is 2.46. The number of hydrogen-bond acceptors (Lipinski definition) is 3. The van der Waals surface area contributed by atoms with Crippen LogP contribution >= 0.6 is 0 Å². The highest BCUT2D eigenvalue weighted by atomic mass is 19.3. The molecule has 0 atom stereocenters. The zero-order valence-electron chi connectivity index (χ0n) is 8.04. The van der Waals surface area contributed by atoms with E-state index in [2.05, 4.69) is 4.74 Å². The summed E-state index contributed by atoms with van der Waals surface area (Å²) >= 11 is 0. The first-order chi connectivity index (χ1) is 7.08. The summed E-state index contributed by atoms with van der Waals surface area (Å²) in [6.07, 6.45) is 0. The normalized spacial score (nSPS) is 14.6. The third kappa shape index (κ3) is 1.96. The zero-order chi connectivity index (χ0) is 11.0. The van der Waals surface area contributed by atoms with Gasteiger partial charge in [0.25, 0.3) is 0 Å². The van der Waals surface area contributed by atoms with E-state index in [4.69, 9.17) is 4.65 Å². The van der Waals surface area contributed by atoms with Gasteiger partial charge in [-0.1, -0.05) is 6.07 Å². The van der Waals surface area contributed by atoms with E-state index in [1.807, 2.05) is 0 Å². The van der Waals surface area contributed by atoms with Crippen LogP contribution in [0.4, 0.5) is 8.78 Å². The van der Waals surface area contributed by atoms with E-state index >= 15 is 0 Å². The fourth-order valence-corrected chi connectivity index (χ4v) is 1.68. The molecule has 15 heavy (non-hydrogen) atoms. The van der Waals surface area contributed by atoms with Gasteiger partial charge in [-0.25, -0.2) is 0 Å². The van der Waals surface area contributed by atoms with Gasteiger partial charge in [0.2, 0.25) is 0 Å². The summed E-state index contributed by atoms with van der Waals surface area (Å²) in [5.74, 6) is -0.00926. The fourth-order valence-electron chi connectivity index (χ4n) is 1.68. The third-order valence-electron chi connectivity index (χ3n) is 2.23. The Balaban J connectivity index is 2.44. The molecular formula is C9H9BF2O3. The van der Waals surface area contributed by atoms with Gasteiger partial charge in [0.1, 0.15) is 5.75 Å². The van der Waals surface area contributed by atoms with Gasteiger partial charge >= 0.3 is 13.7 Å². The maximum absolute atomic E-state index is 12.1. The maximum atomic E-state index is 12.1. The molecule has 0 saturated heterocycles. The molecule has 1 heterocycles. The van der Waals surface area contributed by atoms with E-state index in [0.717, 1.165) is 5.56 Å². The Kier molecular flexibility index (Phi) is 2.62. The summed E-state index contributed by atoms with van der Waals surface area (Å²) in [5, 5.41) is 9.42. The second-order valence-electron chi connectivity index (χ2n) is 3.38. The first-order valence-corrected chi connectivity index (χ1v) is 4.46. The zero-order valence-corrected chi connectivity index (χ0v) is 8.04. The van der Waals surface area contributed by atoms with E-state index in [0.29, 0.717) is 11.0 Å². The molecule has 0 radical (unpaired) electrons. The highest BCUT2D eigenvalue weighted by Gasteiger charge is 2.32. The van der Waals surface area contributed by atoms with Crippen molar-refractivity contribution in [2.24, 2.45) is 0 Å². The van der Waals surface area contributed by atoms with E-state index in [1.54, 1.807) is 13.0 Å². The Morgan fingerprint density at radius 2 is 2.27 bits per heavy atom. The summed E-state index contributed by atoms with van der Waals surface area (Å²) in [7, 11) is -1.17. The highest BCUT2D eigenvalue weighted by molar-refractivity contribution is 6.62. The highest BCUT2D eigenvalue weighted by Crippen LogP contribution is 2.22. The summed E-state index contributed by atoms with van der Waals surface area (Å²) < 4.78 is 33.5. The molecule has 0 bridgehead atoms. The van der Waals surface area contributed by atoms with Gasteiger partial charge in [0, 0.05) is 5.46 Å². The van der Waals surface area contributed by atoms with Crippen LogP contribution in [0.3, 0.4) is 0 Å². The second kappa shape index (κ2) is 3.79. The monoisotopic (exact) mass is 214 g/mol. The van der Waals surface area contributed by atoms with Gasteiger partial charge in [0.15, 0.2) is 0 Å². The summed E-state index contributed by atoms with van der Waals surface area (Å²) in [5.41, 5.74) is 1.79. The molecule has 1 aromatic carbocycles. The Bertz CT molecular complexity index is 384. The number of ether oxygens (including phenoxy) is 1. The molecule has 1 aliphatic rings. The lowest BCUT2D eigenvalue weighted by Gasteiger charge is -2.10. The van der Waals surface area contributed by atoms with E-state index in [9.17, 15) is 13.8 Å². The van der Waals surface area contributed by atoms with Crippen LogP contribution in [0, 0.1) is 6.92 Å². The topological polar surface area (TPSA) is 38.7 Å².